The number of hydrogen-bond acceptors (Lipinski definition) is 4. The Morgan fingerprint density at radius 3 is 2.06 bits per heavy atom. The topological polar surface area (TPSA) is 52.8 Å². The van der Waals surface area contributed by atoms with Gasteiger partial charge in [0.15, 0.2) is 0 Å². The summed E-state index contributed by atoms with van der Waals surface area (Å²) in [6, 6.07) is 0. The minimum atomic E-state index is 0.212. The van der Waals surface area contributed by atoms with Crippen LogP contribution in [0.25, 0.3) is 0 Å². The summed E-state index contributed by atoms with van der Waals surface area (Å²) in [4.78, 5) is 17.8. The zero-order valence-corrected chi connectivity index (χ0v) is 10.5. The Hall–Kier alpha value is -0.650. The van der Waals surface area contributed by atoms with E-state index >= 15 is 0 Å². The third-order valence-corrected chi connectivity index (χ3v) is 3.05. The predicted molar refractivity (Wildman–Crippen MR) is 65.2 cm³/mol. The molecule has 0 spiro atoms. The molecule has 1 heterocycles. The van der Waals surface area contributed by atoms with Crippen molar-refractivity contribution in [2.75, 3.05) is 59.9 Å². The highest BCUT2D eigenvalue weighted by molar-refractivity contribution is 5.75. The van der Waals surface area contributed by atoms with Crippen LogP contribution in [0.3, 0.4) is 0 Å². The van der Waals surface area contributed by atoms with Gasteiger partial charge in [0, 0.05) is 66.3 Å². The molecule has 0 aromatic rings. The van der Waals surface area contributed by atoms with Crippen molar-refractivity contribution in [2.24, 2.45) is 5.73 Å². The summed E-state index contributed by atoms with van der Waals surface area (Å²) >= 11 is 0. The maximum Gasteiger partial charge on any atom is 0.223 e. The van der Waals surface area contributed by atoms with Gasteiger partial charge in [0.25, 0.3) is 0 Å². The molecule has 1 aliphatic heterocycles. The van der Waals surface area contributed by atoms with Crippen LogP contribution in [-0.4, -0.2) is 80.5 Å². The molecule has 0 aromatic heterocycles. The fourth-order valence-corrected chi connectivity index (χ4v) is 1.90. The molecule has 1 amide bonds. The Kier molecular flexibility index (Phi) is 5.73. The van der Waals surface area contributed by atoms with E-state index in [2.05, 4.69) is 9.80 Å². The van der Waals surface area contributed by atoms with Gasteiger partial charge in [-0.2, -0.15) is 0 Å². The van der Waals surface area contributed by atoms with Gasteiger partial charge in [-0.15, -0.1) is 0 Å². The van der Waals surface area contributed by atoms with Gasteiger partial charge in [-0.3, -0.25) is 9.69 Å². The van der Waals surface area contributed by atoms with Crippen molar-refractivity contribution in [1.82, 2.24) is 14.7 Å². The molecule has 94 valence electrons. The molecule has 0 bridgehead atoms. The number of rotatable bonds is 5. The van der Waals surface area contributed by atoms with E-state index in [4.69, 9.17) is 5.73 Å². The van der Waals surface area contributed by atoms with Gasteiger partial charge in [0.05, 0.1) is 0 Å². The minimum Gasteiger partial charge on any atom is -0.349 e. The highest BCUT2D eigenvalue weighted by Gasteiger charge is 2.16. The summed E-state index contributed by atoms with van der Waals surface area (Å²) < 4.78 is 0. The average molecular weight is 228 g/mol. The van der Waals surface area contributed by atoms with Crippen molar-refractivity contribution >= 4 is 5.91 Å². The van der Waals surface area contributed by atoms with Gasteiger partial charge in [-0.25, -0.2) is 0 Å². The third-order valence-electron chi connectivity index (χ3n) is 3.05. The van der Waals surface area contributed by atoms with Crippen LogP contribution in [0.4, 0.5) is 0 Å². The first-order chi connectivity index (χ1) is 7.63. The highest BCUT2D eigenvalue weighted by atomic mass is 16.2. The van der Waals surface area contributed by atoms with Crippen LogP contribution in [0.15, 0.2) is 0 Å². The number of carbonyl (C=O) groups excluding carboxylic acids is 1. The molecule has 1 rings (SSSR count). The lowest BCUT2D eigenvalue weighted by molar-refractivity contribution is -0.129. The maximum absolute atomic E-state index is 11.4. The zero-order valence-electron chi connectivity index (χ0n) is 10.5. The number of piperazine rings is 1. The Balaban J connectivity index is 2.15. The van der Waals surface area contributed by atoms with Crippen LogP contribution in [-0.2, 0) is 4.79 Å². The van der Waals surface area contributed by atoms with E-state index in [0.717, 1.165) is 45.8 Å². The molecule has 5 nitrogen and oxygen atoms in total. The molecule has 0 saturated carbocycles. The quantitative estimate of drug-likeness (QED) is 0.658. The van der Waals surface area contributed by atoms with Gasteiger partial charge in [-0.1, -0.05) is 0 Å². The smallest absolute Gasteiger partial charge is 0.223 e. The van der Waals surface area contributed by atoms with Gasteiger partial charge in [-0.05, 0) is 0 Å². The van der Waals surface area contributed by atoms with Gasteiger partial charge in [0.1, 0.15) is 0 Å². The number of nitrogens with two attached hydrogens (primary N) is 1. The Labute approximate surface area is 98.2 Å². The van der Waals surface area contributed by atoms with Gasteiger partial charge < -0.3 is 15.5 Å². The molecular weight excluding hydrogens is 204 g/mol. The van der Waals surface area contributed by atoms with Crippen LogP contribution in [0.5, 0.6) is 0 Å². The van der Waals surface area contributed by atoms with Crippen molar-refractivity contribution in [1.29, 1.82) is 0 Å². The molecule has 0 aromatic carbocycles. The lowest BCUT2D eigenvalue weighted by atomic mass is 10.2. The molecule has 0 aliphatic carbocycles. The number of carbonyl (C=O) groups is 1. The van der Waals surface area contributed by atoms with E-state index in [-0.39, 0.29) is 5.91 Å². The molecule has 2 N–H and O–H groups in total. The first-order valence-electron chi connectivity index (χ1n) is 5.98. The van der Waals surface area contributed by atoms with Crippen molar-refractivity contribution in [3.63, 3.8) is 0 Å². The molecule has 16 heavy (non-hydrogen) atoms. The van der Waals surface area contributed by atoms with Gasteiger partial charge in [0.2, 0.25) is 5.91 Å². The van der Waals surface area contributed by atoms with Crippen LogP contribution in [0.2, 0.25) is 0 Å². The SMILES string of the molecule is CN(C)C(=O)CCN1CCN(CCN)CC1. The zero-order chi connectivity index (χ0) is 12.0. The largest absolute Gasteiger partial charge is 0.349 e. The second-order valence-corrected chi connectivity index (χ2v) is 4.51. The monoisotopic (exact) mass is 228 g/mol. The number of hydrogen-bond donors (Lipinski definition) is 1. The lowest BCUT2D eigenvalue weighted by Crippen LogP contribution is -2.48. The minimum absolute atomic E-state index is 0.212. The van der Waals surface area contributed by atoms with E-state index in [9.17, 15) is 4.79 Å². The molecule has 0 radical (unpaired) electrons. The van der Waals surface area contributed by atoms with E-state index in [1.54, 1.807) is 4.90 Å². The van der Waals surface area contributed by atoms with Crippen LogP contribution >= 0.6 is 0 Å². The van der Waals surface area contributed by atoms with Crippen molar-refractivity contribution in [3.05, 3.63) is 0 Å². The standard InChI is InChI=1S/C11H24N4O/c1-13(2)11(16)3-5-14-7-9-15(6-4-12)10-8-14/h3-10,12H2,1-2H3. The van der Waals surface area contributed by atoms with Crippen LogP contribution < -0.4 is 5.73 Å². The molecule has 5 heteroatoms. The normalized spacial score (nSPS) is 18.7. The van der Waals surface area contributed by atoms with E-state index in [0.29, 0.717) is 6.42 Å². The molecule has 1 aliphatic rings. The summed E-state index contributed by atoms with van der Waals surface area (Å²) in [7, 11) is 3.61. The van der Waals surface area contributed by atoms with Crippen LogP contribution in [0, 0.1) is 0 Å². The fraction of sp³-hybridized carbons (Fsp3) is 0.909. The van der Waals surface area contributed by atoms with E-state index in [1.165, 1.54) is 0 Å². The Morgan fingerprint density at radius 2 is 1.62 bits per heavy atom. The summed E-state index contributed by atoms with van der Waals surface area (Å²) in [5.74, 6) is 0.212. The first kappa shape index (κ1) is 13.4. The number of amides is 1. The maximum atomic E-state index is 11.4. The van der Waals surface area contributed by atoms with Crippen molar-refractivity contribution in [3.8, 4) is 0 Å². The Morgan fingerprint density at radius 1 is 1.12 bits per heavy atom. The van der Waals surface area contributed by atoms with Gasteiger partial charge >= 0.3 is 0 Å². The Bertz CT molecular complexity index is 212. The molecule has 1 fully saturated rings. The average Bonchev–Trinajstić information content (AvgIpc) is 2.28. The third kappa shape index (κ3) is 4.47. The van der Waals surface area contributed by atoms with E-state index in [1.807, 2.05) is 14.1 Å². The summed E-state index contributed by atoms with van der Waals surface area (Å²) in [5.41, 5.74) is 5.52. The summed E-state index contributed by atoms with van der Waals surface area (Å²) in [5, 5.41) is 0. The second kappa shape index (κ2) is 6.83. The fourth-order valence-electron chi connectivity index (χ4n) is 1.90. The van der Waals surface area contributed by atoms with Crippen molar-refractivity contribution < 1.29 is 4.79 Å². The van der Waals surface area contributed by atoms with Crippen LogP contribution in [0.1, 0.15) is 6.42 Å². The molecule has 0 unspecified atom stereocenters. The second-order valence-electron chi connectivity index (χ2n) is 4.51. The summed E-state index contributed by atoms with van der Waals surface area (Å²) in [6.45, 7) is 6.87. The molecular formula is C11H24N4O. The van der Waals surface area contributed by atoms with E-state index < -0.39 is 0 Å². The molecule has 1 saturated heterocycles. The first-order valence-corrected chi connectivity index (χ1v) is 5.98. The predicted octanol–water partition coefficient (Wildman–Crippen LogP) is -0.959. The number of nitrogens with zero attached hydrogens (tertiary/aromatic N) is 3. The highest BCUT2D eigenvalue weighted by Crippen LogP contribution is 2.02. The van der Waals surface area contributed by atoms with Crippen molar-refractivity contribution in [2.45, 2.75) is 6.42 Å². The summed E-state index contributed by atoms with van der Waals surface area (Å²) in [6.07, 6.45) is 0.629. The lowest BCUT2D eigenvalue weighted by Gasteiger charge is -2.34. The molecule has 0 atom stereocenters.